The van der Waals surface area contributed by atoms with Crippen molar-refractivity contribution in [2.24, 2.45) is 12.8 Å². The minimum Gasteiger partial charge on any atom is -0.422 e. The van der Waals surface area contributed by atoms with Crippen LogP contribution in [0.1, 0.15) is 22.7 Å². The van der Waals surface area contributed by atoms with E-state index in [9.17, 15) is 27.2 Å². The van der Waals surface area contributed by atoms with Crippen LogP contribution in [0.15, 0.2) is 54.2 Å². The SMILES string of the molecule is Cn1cc(C2C(C#N)=C(N)Oc3c2c(C(F)(F)C(F)(F)F)nn3-c2ccccc2)cn1. The first-order chi connectivity index (χ1) is 14.6. The van der Waals surface area contributed by atoms with Crippen LogP contribution >= 0.6 is 0 Å². The third-order valence-electron chi connectivity index (χ3n) is 4.76. The lowest BCUT2D eigenvalue weighted by atomic mass is 9.84. The molecule has 7 nitrogen and oxygen atoms in total. The lowest BCUT2D eigenvalue weighted by Crippen LogP contribution is -2.36. The highest BCUT2D eigenvalue weighted by atomic mass is 19.4. The van der Waals surface area contributed by atoms with Gasteiger partial charge in [-0.3, -0.25) is 4.68 Å². The zero-order chi connectivity index (χ0) is 22.6. The van der Waals surface area contributed by atoms with Crippen LogP contribution in [0.3, 0.4) is 0 Å². The van der Waals surface area contributed by atoms with Crippen LogP contribution in [-0.2, 0) is 13.0 Å². The van der Waals surface area contributed by atoms with Crippen LogP contribution in [0.25, 0.3) is 5.69 Å². The van der Waals surface area contributed by atoms with Gasteiger partial charge in [0.15, 0.2) is 0 Å². The molecule has 0 aliphatic carbocycles. The zero-order valence-corrected chi connectivity index (χ0v) is 15.7. The van der Waals surface area contributed by atoms with Crippen molar-refractivity contribution in [3.05, 3.63) is 71.0 Å². The van der Waals surface area contributed by atoms with E-state index >= 15 is 0 Å². The Morgan fingerprint density at radius 2 is 1.84 bits per heavy atom. The molecule has 0 radical (unpaired) electrons. The fourth-order valence-corrected chi connectivity index (χ4v) is 3.37. The summed E-state index contributed by atoms with van der Waals surface area (Å²) in [5, 5.41) is 17.1. The van der Waals surface area contributed by atoms with Gasteiger partial charge in [-0.05, 0) is 12.1 Å². The van der Waals surface area contributed by atoms with E-state index in [0.29, 0.717) is 0 Å². The average molecular weight is 436 g/mol. The van der Waals surface area contributed by atoms with Gasteiger partial charge in [0.25, 0.3) is 0 Å². The van der Waals surface area contributed by atoms with Crippen LogP contribution in [0.4, 0.5) is 22.0 Å². The Hall–Kier alpha value is -3.88. The summed E-state index contributed by atoms with van der Waals surface area (Å²) in [6.45, 7) is 0. The average Bonchev–Trinajstić information content (AvgIpc) is 3.30. The van der Waals surface area contributed by atoms with Gasteiger partial charge in [0.1, 0.15) is 17.3 Å². The summed E-state index contributed by atoms with van der Waals surface area (Å²) in [5.41, 5.74) is 3.68. The van der Waals surface area contributed by atoms with Crippen LogP contribution in [0, 0.1) is 11.3 Å². The van der Waals surface area contributed by atoms with E-state index in [2.05, 4.69) is 10.2 Å². The highest BCUT2D eigenvalue weighted by Gasteiger charge is 2.63. The van der Waals surface area contributed by atoms with Crippen molar-refractivity contribution in [3.63, 3.8) is 0 Å². The molecule has 3 heterocycles. The van der Waals surface area contributed by atoms with E-state index in [1.54, 1.807) is 24.3 Å². The summed E-state index contributed by atoms with van der Waals surface area (Å²) in [7, 11) is 1.53. The van der Waals surface area contributed by atoms with Crippen LogP contribution in [0.2, 0.25) is 0 Å². The van der Waals surface area contributed by atoms with Crippen molar-refractivity contribution < 1.29 is 26.7 Å². The highest BCUT2D eigenvalue weighted by Crippen LogP contribution is 2.52. The van der Waals surface area contributed by atoms with Gasteiger partial charge in [0, 0.05) is 18.8 Å². The maximum Gasteiger partial charge on any atom is 0.459 e. The zero-order valence-electron chi connectivity index (χ0n) is 15.7. The predicted octanol–water partition coefficient (Wildman–Crippen LogP) is 3.48. The fraction of sp³-hybridized carbons (Fsp3) is 0.211. The van der Waals surface area contributed by atoms with E-state index in [0.717, 1.165) is 4.68 Å². The molecule has 0 fully saturated rings. The van der Waals surface area contributed by atoms with Gasteiger partial charge < -0.3 is 10.5 Å². The number of ether oxygens (including phenoxy) is 1. The number of aryl methyl sites for hydroxylation is 1. The number of hydrogen-bond donors (Lipinski definition) is 1. The summed E-state index contributed by atoms with van der Waals surface area (Å²) < 4.78 is 76.7. The number of halogens is 5. The largest absolute Gasteiger partial charge is 0.459 e. The van der Waals surface area contributed by atoms with E-state index in [1.165, 1.54) is 36.3 Å². The summed E-state index contributed by atoms with van der Waals surface area (Å²) >= 11 is 0. The number of nitrogens with zero attached hydrogens (tertiary/aromatic N) is 5. The molecular weight excluding hydrogens is 423 g/mol. The van der Waals surface area contributed by atoms with Crippen molar-refractivity contribution in [2.45, 2.75) is 18.0 Å². The summed E-state index contributed by atoms with van der Waals surface area (Å²) in [5.74, 6) is -7.57. The molecule has 0 spiro atoms. The molecule has 1 aliphatic heterocycles. The Labute approximate surface area is 171 Å². The number of fused-ring (bicyclic) bond motifs is 1. The standard InChI is InChI=1S/C19H13F5N6O/c1-29-9-10(8-27-29)13-12(7-25)16(26)31-17-14(13)15(18(20,21)19(22,23)24)28-30(17)11-5-3-2-4-6-11/h2-6,8-9,13H,26H2,1H3. The van der Waals surface area contributed by atoms with Crippen molar-refractivity contribution in [3.8, 4) is 17.6 Å². The third kappa shape index (κ3) is 3.09. The summed E-state index contributed by atoms with van der Waals surface area (Å²) in [6, 6.07) is 9.37. The van der Waals surface area contributed by atoms with Crippen LogP contribution in [0.5, 0.6) is 5.88 Å². The Morgan fingerprint density at radius 1 is 1.16 bits per heavy atom. The van der Waals surface area contributed by atoms with Crippen LogP contribution < -0.4 is 10.5 Å². The molecule has 31 heavy (non-hydrogen) atoms. The van der Waals surface area contributed by atoms with Crippen LogP contribution in [-0.4, -0.2) is 25.7 Å². The Balaban J connectivity index is 2.08. The van der Waals surface area contributed by atoms with Gasteiger partial charge in [0.05, 0.1) is 23.4 Å². The van der Waals surface area contributed by atoms with Crippen molar-refractivity contribution >= 4 is 0 Å². The molecule has 160 valence electrons. The van der Waals surface area contributed by atoms with Gasteiger partial charge in [-0.25, -0.2) is 0 Å². The molecule has 1 aliphatic rings. The maximum absolute atomic E-state index is 14.6. The second kappa shape index (κ2) is 6.83. The smallest absolute Gasteiger partial charge is 0.422 e. The number of allylic oxidation sites excluding steroid dienone is 1. The lowest BCUT2D eigenvalue weighted by Gasteiger charge is -2.26. The van der Waals surface area contributed by atoms with E-state index in [4.69, 9.17) is 10.5 Å². The van der Waals surface area contributed by atoms with Crippen molar-refractivity contribution in [1.29, 1.82) is 5.26 Å². The first kappa shape index (κ1) is 20.4. The van der Waals surface area contributed by atoms with Gasteiger partial charge in [-0.2, -0.15) is 42.1 Å². The molecule has 0 saturated carbocycles. The quantitative estimate of drug-likeness (QED) is 0.635. The van der Waals surface area contributed by atoms with Gasteiger partial charge in [-0.1, -0.05) is 18.2 Å². The number of benzene rings is 1. The first-order valence-electron chi connectivity index (χ1n) is 8.75. The third-order valence-corrected chi connectivity index (χ3v) is 4.76. The predicted molar refractivity (Wildman–Crippen MR) is 96.0 cm³/mol. The van der Waals surface area contributed by atoms with E-state index in [-0.39, 0.29) is 16.8 Å². The minimum atomic E-state index is -5.93. The Kier molecular flexibility index (Phi) is 4.49. The normalized spacial score (nSPS) is 16.6. The molecule has 3 aromatic rings. The number of nitrogens with two attached hydrogens (primary N) is 1. The topological polar surface area (TPSA) is 94.7 Å². The molecule has 12 heteroatoms. The Morgan fingerprint density at radius 3 is 2.39 bits per heavy atom. The molecule has 0 amide bonds. The number of alkyl halides is 5. The molecule has 0 saturated heterocycles. The molecule has 2 N–H and O–H groups in total. The van der Waals surface area contributed by atoms with Gasteiger partial charge >= 0.3 is 12.1 Å². The van der Waals surface area contributed by atoms with Gasteiger partial charge in [-0.15, -0.1) is 0 Å². The molecule has 1 aromatic carbocycles. The highest BCUT2D eigenvalue weighted by molar-refractivity contribution is 5.57. The number of hydrogen-bond acceptors (Lipinski definition) is 5. The second-order valence-electron chi connectivity index (χ2n) is 6.76. The maximum atomic E-state index is 14.6. The molecular formula is C19H13F5N6O. The molecule has 0 bridgehead atoms. The number of aromatic nitrogens is 4. The Bertz CT molecular complexity index is 1220. The number of para-hydroxylation sites is 1. The van der Waals surface area contributed by atoms with Crippen molar-refractivity contribution in [1.82, 2.24) is 19.6 Å². The lowest BCUT2D eigenvalue weighted by molar-refractivity contribution is -0.291. The summed E-state index contributed by atoms with van der Waals surface area (Å²) in [6.07, 6.45) is -3.30. The van der Waals surface area contributed by atoms with E-state index < -0.39 is 41.0 Å². The molecule has 1 atom stereocenters. The van der Waals surface area contributed by atoms with Gasteiger partial charge in [0.2, 0.25) is 11.8 Å². The minimum absolute atomic E-state index is 0.168. The second-order valence-corrected chi connectivity index (χ2v) is 6.76. The number of rotatable bonds is 3. The molecule has 4 rings (SSSR count). The summed E-state index contributed by atoms with van der Waals surface area (Å²) in [4.78, 5) is 0. The monoisotopic (exact) mass is 436 g/mol. The number of nitriles is 1. The van der Waals surface area contributed by atoms with E-state index in [1.807, 2.05) is 0 Å². The van der Waals surface area contributed by atoms with Crippen molar-refractivity contribution in [2.75, 3.05) is 0 Å². The molecule has 1 unspecified atom stereocenters. The first-order valence-corrected chi connectivity index (χ1v) is 8.75. The fourth-order valence-electron chi connectivity index (χ4n) is 3.37. The molecule has 2 aromatic heterocycles.